The Balaban J connectivity index is 1.52. The number of alkyl halides is 3. The summed E-state index contributed by atoms with van der Waals surface area (Å²) in [4.78, 5) is 23.3. The highest BCUT2D eigenvalue weighted by Crippen LogP contribution is 2.31. The Bertz CT molecular complexity index is 994. The number of imidazole rings is 1. The smallest absolute Gasteiger partial charge is 0.338 e. The van der Waals surface area contributed by atoms with Crippen molar-refractivity contribution >= 4 is 17.1 Å². The Morgan fingerprint density at radius 3 is 2.59 bits per heavy atom. The molecule has 27 heavy (non-hydrogen) atoms. The van der Waals surface area contributed by atoms with Crippen LogP contribution in [-0.2, 0) is 13.2 Å². The number of halogens is 3. The minimum atomic E-state index is -4.41. The normalized spacial score (nSPS) is 17.6. The minimum Gasteiger partial charge on any atom is -0.338 e. The van der Waals surface area contributed by atoms with Crippen molar-refractivity contribution in [3.8, 4) is 0 Å². The van der Waals surface area contributed by atoms with Crippen LogP contribution < -0.4 is 0 Å². The molecule has 1 aliphatic rings. The van der Waals surface area contributed by atoms with Crippen LogP contribution in [0.25, 0.3) is 11.2 Å². The molecule has 0 saturated carbocycles. The molecular formula is C19H17F3N4O. The van der Waals surface area contributed by atoms with E-state index in [1.165, 1.54) is 12.1 Å². The summed E-state index contributed by atoms with van der Waals surface area (Å²) < 4.78 is 40.0. The lowest BCUT2D eigenvalue weighted by molar-refractivity contribution is -0.137. The Morgan fingerprint density at radius 1 is 1.19 bits per heavy atom. The van der Waals surface area contributed by atoms with E-state index < -0.39 is 11.7 Å². The van der Waals surface area contributed by atoms with Crippen molar-refractivity contribution in [2.75, 3.05) is 13.1 Å². The average Bonchev–Trinajstić information content (AvgIpc) is 3.26. The third-order valence-corrected chi connectivity index (χ3v) is 4.96. The first-order valence-corrected chi connectivity index (χ1v) is 8.58. The summed E-state index contributed by atoms with van der Waals surface area (Å²) in [5.74, 6) is 0.678. The number of rotatable bonds is 2. The number of benzene rings is 1. The zero-order valence-corrected chi connectivity index (χ0v) is 14.6. The first kappa shape index (κ1) is 17.5. The van der Waals surface area contributed by atoms with Gasteiger partial charge in [0.25, 0.3) is 5.91 Å². The molecule has 2 aromatic heterocycles. The van der Waals surface area contributed by atoms with Gasteiger partial charge in [0.1, 0.15) is 11.3 Å². The van der Waals surface area contributed by atoms with E-state index in [4.69, 9.17) is 0 Å². The summed E-state index contributed by atoms with van der Waals surface area (Å²) >= 11 is 0. The summed E-state index contributed by atoms with van der Waals surface area (Å²) in [6.07, 6.45) is -1.94. The van der Waals surface area contributed by atoms with Gasteiger partial charge in [-0.2, -0.15) is 13.2 Å². The molecule has 8 heteroatoms. The molecule has 1 aliphatic heterocycles. The van der Waals surface area contributed by atoms with E-state index >= 15 is 0 Å². The largest absolute Gasteiger partial charge is 0.416 e. The third-order valence-electron chi connectivity index (χ3n) is 4.96. The van der Waals surface area contributed by atoms with Gasteiger partial charge in [-0.1, -0.05) is 0 Å². The van der Waals surface area contributed by atoms with Crippen molar-refractivity contribution in [3.05, 3.63) is 59.5 Å². The van der Waals surface area contributed by atoms with E-state index in [0.717, 1.165) is 35.5 Å². The number of amides is 1. The number of hydrogen-bond acceptors (Lipinski definition) is 3. The van der Waals surface area contributed by atoms with Crippen LogP contribution in [0.3, 0.4) is 0 Å². The third kappa shape index (κ3) is 3.15. The van der Waals surface area contributed by atoms with Crippen molar-refractivity contribution in [2.24, 2.45) is 7.05 Å². The molecule has 1 aromatic carbocycles. The van der Waals surface area contributed by atoms with Gasteiger partial charge in [0.15, 0.2) is 5.65 Å². The fourth-order valence-electron chi connectivity index (χ4n) is 3.55. The number of fused-ring (bicyclic) bond motifs is 1. The van der Waals surface area contributed by atoms with Crippen LogP contribution in [0.1, 0.15) is 34.1 Å². The van der Waals surface area contributed by atoms with Gasteiger partial charge in [0.05, 0.1) is 5.56 Å². The maximum atomic E-state index is 12.7. The van der Waals surface area contributed by atoms with Crippen molar-refractivity contribution in [3.63, 3.8) is 0 Å². The highest BCUT2D eigenvalue weighted by Gasteiger charge is 2.33. The van der Waals surface area contributed by atoms with E-state index in [1.54, 1.807) is 11.1 Å². The van der Waals surface area contributed by atoms with E-state index in [9.17, 15) is 18.0 Å². The van der Waals surface area contributed by atoms with Gasteiger partial charge in [0.2, 0.25) is 0 Å². The van der Waals surface area contributed by atoms with Crippen molar-refractivity contribution < 1.29 is 18.0 Å². The molecule has 0 radical (unpaired) electrons. The highest BCUT2D eigenvalue weighted by molar-refractivity contribution is 5.94. The lowest BCUT2D eigenvalue weighted by Gasteiger charge is -2.17. The Labute approximate surface area is 153 Å². The molecule has 0 aliphatic carbocycles. The Morgan fingerprint density at radius 2 is 1.93 bits per heavy atom. The molecule has 5 nitrogen and oxygen atoms in total. The van der Waals surface area contributed by atoms with E-state index in [-0.39, 0.29) is 17.4 Å². The van der Waals surface area contributed by atoms with Crippen LogP contribution in [0.5, 0.6) is 0 Å². The quantitative estimate of drug-likeness (QED) is 0.689. The number of hydrogen-bond donors (Lipinski definition) is 0. The van der Waals surface area contributed by atoms with Gasteiger partial charge < -0.3 is 9.47 Å². The molecule has 0 bridgehead atoms. The molecule has 1 saturated heterocycles. The molecule has 1 atom stereocenters. The van der Waals surface area contributed by atoms with Crippen molar-refractivity contribution in [1.82, 2.24) is 19.4 Å². The predicted octanol–water partition coefficient (Wildman–Crippen LogP) is 3.62. The standard InChI is InChI=1S/C19H17F3N4O/c1-25-16(24-15-3-2-9-23-17(15)25)13-8-10-26(11-13)18(27)12-4-6-14(7-5-12)19(20,21)22/h2-7,9,13H,8,10-11H2,1H3/t13-/m1/s1. The van der Waals surface area contributed by atoms with Gasteiger partial charge in [-0.3, -0.25) is 4.79 Å². The number of likely N-dealkylation sites (tertiary alicyclic amines) is 1. The average molecular weight is 374 g/mol. The molecule has 0 spiro atoms. The van der Waals surface area contributed by atoms with E-state index in [1.807, 2.05) is 23.7 Å². The molecule has 0 N–H and O–H groups in total. The van der Waals surface area contributed by atoms with Crippen molar-refractivity contribution in [1.29, 1.82) is 0 Å². The Hall–Kier alpha value is -2.90. The molecule has 1 fully saturated rings. The summed E-state index contributed by atoms with van der Waals surface area (Å²) in [5, 5.41) is 0. The molecule has 0 unspecified atom stereocenters. The molecule has 4 rings (SSSR count). The van der Waals surface area contributed by atoms with Gasteiger partial charge in [0, 0.05) is 37.8 Å². The van der Waals surface area contributed by atoms with Crippen LogP contribution in [0.4, 0.5) is 13.2 Å². The molecular weight excluding hydrogens is 357 g/mol. The minimum absolute atomic E-state index is 0.0719. The number of pyridine rings is 1. The maximum absolute atomic E-state index is 12.7. The number of carbonyl (C=O) groups is 1. The van der Waals surface area contributed by atoms with Gasteiger partial charge >= 0.3 is 6.18 Å². The lowest BCUT2D eigenvalue weighted by atomic mass is 10.1. The zero-order valence-electron chi connectivity index (χ0n) is 14.6. The topological polar surface area (TPSA) is 51.0 Å². The molecule has 3 heterocycles. The summed E-state index contributed by atoms with van der Waals surface area (Å²) in [7, 11) is 1.90. The Kier molecular flexibility index (Phi) is 4.13. The number of aromatic nitrogens is 3. The zero-order chi connectivity index (χ0) is 19.2. The summed E-state index contributed by atoms with van der Waals surface area (Å²) in [6.45, 7) is 1.03. The fourth-order valence-corrected chi connectivity index (χ4v) is 3.55. The van der Waals surface area contributed by atoms with Crippen LogP contribution in [0.15, 0.2) is 42.6 Å². The van der Waals surface area contributed by atoms with Crippen LogP contribution in [0.2, 0.25) is 0 Å². The number of carbonyl (C=O) groups excluding carboxylic acids is 1. The van der Waals surface area contributed by atoms with E-state index in [2.05, 4.69) is 9.97 Å². The summed E-state index contributed by atoms with van der Waals surface area (Å²) in [6, 6.07) is 8.07. The second-order valence-electron chi connectivity index (χ2n) is 6.69. The first-order chi connectivity index (χ1) is 12.8. The summed E-state index contributed by atoms with van der Waals surface area (Å²) in [5.41, 5.74) is 1.10. The molecule has 140 valence electrons. The van der Waals surface area contributed by atoms with Crippen LogP contribution in [0, 0.1) is 0 Å². The lowest BCUT2D eigenvalue weighted by Crippen LogP contribution is -2.28. The van der Waals surface area contributed by atoms with Gasteiger partial charge in [-0.05, 0) is 42.8 Å². The predicted molar refractivity (Wildman–Crippen MR) is 93.2 cm³/mol. The van der Waals surface area contributed by atoms with Crippen LogP contribution in [-0.4, -0.2) is 38.4 Å². The van der Waals surface area contributed by atoms with Gasteiger partial charge in [-0.15, -0.1) is 0 Å². The second-order valence-corrected chi connectivity index (χ2v) is 6.69. The van der Waals surface area contributed by atoms with Crippen LogP contribution >= 0.6 is 0 Å². The highest BCUT2D eigenvalue weighted by atomic mass is 19.4. The molecule has 3 aromatic rings. The monoisotopic (exact) mass is 374 g/mol. The fraction of sp³-hybridized carbons (Fsp3) is 0.316. The number of aryl methyl sites for hydroxylation is 1. The second kappa shape index (κ2) is 6.37. The first-order valence-electron chi connectivity index (χ1n) is 8.58. The SMILES string of the molecule is Cn1c([C@@H]2CCN(C(=O)c3ccc(C(F)(F)F)cc3)C2)nc2cccnc21. The van der Waals surface area contributed by atoms with Crippen molar-refractivity contribution in [2.45, 2.75) is 18.5 Å². The maximum Gasteiger partial charge on any atom is 0.416 e. The van der Waals surface area contributed by atoms with E-state index in [0.29, 0.717) is 13.1 Å². The van der Waals surface area contributed by atoms with Gasteiger partial charge in [-0.25, -0.2) is 9.97 Å². The number of nitrogens with zero attached hydrogens (tertiary/aromatic N) is 4. The molecule has 1 amide bonds.